The molecule has 0 atom stereocenters. The second-order valence-corrected chi connectivity index (χ2v) is 6.06. The molecule has 1 aliphatic heterocycles. The molecule has 0 radical (unpaired) electrons. The van der Waals surface area contributed by atoms with E-state index in [4.69, 9.17) is 0 Å². The third-order valence-electron chi connectivity index (χ3n) is 2.72. The molecule has 1 aliphatic rings. The van der Waals surface area contributed by atoms with E-state index in [0.29, 0.717) is 6.67 Å². The summed E-state index contributed by atoms with van der Waals surface area (Å²) < 4.78 is 24.1. The van der Waals surface area contributed by atoms with Crippen LogP contribution in [0, 0.1) is 6.92 Å². The lowest BCUT2D eigenvalue weighted by Crippen LogP contribution is -2.21. The zero-order chi connectivity index (χ0) is 13.9. The Morgan fingerprint density at radius 1 is 1.26 bits per heavy atom. The minimum Gasteiger partial charge on any atom is -0.256 e. The van der Waals surface area contributed by atoms with Crippen molar-refractivity contribution in [3.63, 3.8) is 0 Å². The lowest BCUT2D eigenvalue weighted by molar-refractivity contribution is 0.266. The van der Waals surface area contributed by atoms with Gasteiger partial charge in [-0.15, -0.1) is 0 Å². The number of hydrogen-bond donors (Lipinski definition) is 0. The lowest BCUT2D eigenvalue weighted by atomic mass is 10.2. The van der Waals surface area contributed by atoms with E-state index in [2.05, 4.69) is 10.4 Å². The van der Waals surface area contributed by atoms with Gasteiger partial charge in [0.2, 0.25) is 9.84 Å². The van der Waals surface area contributed by atoms with Crippen molar-refractivity contribution in [3.05, 3.63) is 41.4 Å². The lowest BCUT2D eigenvalue weighted by Gasteiger charge is -2.10. The fraction of sp³-hybridized carbons (Fsp3) is 0.333. The second kappa shape index (κ2) is 5.40. The minimum atomic E-state index is -3.43. The monoisotopic (exact) mass is 280 g/mol. The fourth-order valence-electron chi connectivity index (χ4n) is 1.53. The first-order valence-corrected chi connectivity index (χ1v) is 7.49. The van der Waals surface area contributed by atoms with E-state index >= 15 is 0 Å². The third-order valence-corrected chi connectivity index (χ3v) is 4.13. The van der Waals surface area contributed by atoms with Crippen LogP contribution in [0.25, 0.3) is 0 Å². The van der Waals surface area contributed by atoms with Gasteiger partial charge in [0, 0.05) is 12.7 Å². The molecule has 0 N–H and O–H groups in total. The van der Waals surface area contributed by atoms with Crippen LogP contribution in [0.4, 0.5) is 0 Å². The largest absolute Gasteiger partial charge is 0.256 e. The Hall–Kier alpha value is -1.89. The van der Waals surface area contributed by atoms with Gasteiger partial charge in [0.05, 0.1) is 10.3 Å². The van der Waals surface area contributed by atoms with E-state index in [9.17, 15) is 8.42 Å². The maximum Gasteiger partial charge on any atom is 0.201 e. The predicted molar refractivity (Wildman–Crippen MR) is 71.4 cm³/mol. The van der Waals surface area contributed by atoms with Gasteiger partial charge in [-0.1, -0.05) is 22.9 Å². The first-order valence-electron chi connectivity index (χ1n) is 5.94. The Kier molecular flexibility index (Phi) is 3.84. The highest BCUT2D eigenvalue weighted by Crippen LogP contribution is 2.14. The van der Waals surface area contributed by atoms with Crippen LogP contribution in [-0.2, 0) is 9.84 Å². The van der Waals surface area contributed by atoms with Crippen LogP contribution in [-0.4, -0.2) is 31.6 Å². The van der Waals surface area contributed by atoms with Crippen molar-refractivity contribution in [1.29, 1.82) is 0 Å². The van der Waals surface area contributed by atoms with Crippen LogP contribution in [0.3, 0.4) is 0 Å². The highest BCUT2D eigenvalue weighted by molar-refractivity contribution is 7.94. The van der Waals surface area contributed by atoms with Gasteiger partial charge in [-0.3, -0.25) is 5.01 Å². The molecule has 1 heterocycles. The molecule has 7 heteroatoms. The highest BCUT2D eigenvalue weighted by Gasteiger charge is 2.14. The summed E-state index contributed by atoms with van der Waals surface area (Å²) >= 11 is 0. The summed E-state index contributed by atoms with van der Waals surface area (Å²) in [5.41, 5.74) is 1.02. The van der Waals surface area contributed by atoms with Crippen LogP contribution in [0.2, 0.25) is 0 Å². The summed E-state index contributed by atoms with van der Waals surface area (Å²) in [6.07, 6.45) is 1.42. The molecule has 0 fully saturated rings. The van der Waals surface area contributed by atoms with Crippen molar-refractivity contribution in [2.75, 3.05) is 13.2 Å². The number of hydrogen-bond acceptors (Lipinski definition) is 6. The molecule has 2 rings (SSSR count). The first-order chi connectivity index (χ1) is 9.01. The number of sulfone groups is 1. The van der Waals surface area contributed by atoms with Gasteiger partial charge in [-0.2, -0.15) is 0 Å². The zero-order valence-corrected chi connectivity index (χ0v) is 11.7. The summed E-state index contributed by atoms with van der Waals surface area (Å²) in [6, 6.07) is 6.74. The van der Waals surface area contributed by atoms with E-state index in [0.717, 1.165) is 17.5 Å². The van der Waals surface area contributed by atoms with Crippen molar-refractivity contribution in [3.8, 4) is 0 Å². The smallest absolute Gasteiger partial charge is 0.201 e. The SMILES string of the molecule is CCN1CN(/C=C/S(=O)(=O)c2ccc(C)cc2)N=N1. The van der Waals surface area contributed by atoms with Crippen molar-refractivity contribution >= 4 is 9.84 Å². The number of nitrogens with zero attached hydrogens (tertiary/aromatic N) is 4. The Bertz CT molecular complexity index is 593. The average Bonchev–Trinajstić information content (AvgIpc) is 2.85. The Labute approximate surface area is 112 Å². The van der Waals surface area contributed by atoms with Gasteiger partial charge in [0.1, 0.15) is 6.67 Å². The normalized spacial score (nSPS) is 15.7. The topological polar surface area (TPSA) is 65.3 Å². The van der Waals surface area contributed by atoms with Crippen LogP contribution < -0.4 is 0 Å². The molecule has 19 heavy (non-hydrogen) atoms. The standard InChI is InChI=1S/C12H16N4O2S/c1-3-15-10-16(14-13-15)8-9-19(17,18)12-6-4-11(2)5-7-12/h4-9H,3,10H2,1-2H3/b9-8+. The quantitative estimate of drug-likeness (QED) is 0.847. The minimum absolute atomic E-state index is 0.276. The van der Waals surface area contributed by atoms with Crippen molar-refractivity contribution in [1.82, 2.24) is 10.0 Å². The van der Waals surface area contributed by atoms with Crippen molar-refractivity contribution in [2.24, 2.45) is 10.4 Å². The van der Waals surface area contributed by atoms with Gasteiger partial charge in [0.15, 0.2) is 0 Å². The molecule has 102 valence electrons. The molecule has 1 aromatic carbocycles. The summed E-state index contributed by atoms with van der Waals surface area (Å²) in [6.45, 7) is 5.07. The molecule has 0 amide bonds. The highest BCUT2D eigenvalue weighted by atomic mass is 32.2. The average molecular weight is 280 g/mol. The van der Waals surface area contributed by atoms with Crippen LogP contribution >= 0.6 is 0 Å². The maximum absolute atomic E-state index is 12.1. The number of benzene rings is 1. The van der Waals surface area contributed by atoms with E-state index in [1.54, 1.807) is 29.3 Å². The van der Waals surface area contributed by atoms with Gasteiger partial charge >= 0.3 is 0 Å². The molecule has 0 spiro atoms. The summed E-state index contributed by atoms with van der Waals surface area (Å²) in [7, 11) is -3.43. The first kappa shape index (κ1) is 13.5. The molecule has 0 aromatic heterocycles. The third kappa shape index (κ3) is 3.31. The maximum atomic E-state index is 12.1. The molecule has 0 saturated carbocycles. The summed E-state index contributed by atoms with van der Waals surface area (Å²) in [4.78, 5) is 0.276. The number of aryl methyl sites for hydroxylation is 1. The van der Waals surface area contributed by atoms with Crippen LogP contribution in [0.15, 0.2) is 51.2 Å². The molecule has 6 nitrogen and oxygen atoms in total. The van der Waals surface area contributed by atoms with Gasteiger partial charge in [-0.05, 0) is 31.2 Å². The summed E-state index contributed by atoms with van der Waals surface area (Å²) in [5.74, 6) is 0. The zero-order valence-electron chi connectivity index (χ0n) is 10.9. The van der Waals surface area contributed by atoms with Crippen LogP contribution in [0.5, 0.6) is 0 Å². The Balaban J connectivity index is 2.10. The summed E-state index contributed by atoms with van der Waals surface area (Å²) in [5, 5.41) is 12.0. The van der Waals surface area contributed by atoms with E-state index in [1.807, 2.05) is 13.8 Å². The fourth-order valence-corrected chi connectivity index (χ4v) is 2.50. The Morgan fingerprint density at radius 2 is 1.95 bits per heavy atom. The predicted octanol–water partition coefficient (Wildman–Crippen LogP) is 2.12. The molecular weight excluding hydrogens is 264 g/mol. The molecular formula is C12H16N4O2S. The molecule has 0 bridgehead atoms. The molecule has 0 unspecified atom stereocenters. The molecule has 1 aromatic rings. The van der Waals surface area contributed by atoms with Gasteiger partial charge < -0.3 is 0 Å². The molecule has 0 aliphatic carbocycles. The van der Waals surface area contributed by atoms with Gasteiger partial charge in [0.25, 0.3) is 0 Å². The van der Waals surface area contributed by atoms with Crippen molar-refractivity contribution < 1.29 is 8.42 Å². The van der Waals surface area contributed by atoms with E-state index < -0.39 is 9.84 Å². The van der Waals surface area contributed by atoms with Crippen molar-refractivity contribution in [2.45, 2.75) is 18.7 Å². The number of rotatable bonds is 4. The van der Waals surface area contributed by atoms with Crippen LogP contribution in [0.1, 0.15) is 12.5 Å². The Morgan fingerprint density at radius 3 is 2.53 bits per heavy atom. The molecule has 0 saturated heterocycles. The van der Waals surface area contributed by atoms with E-state index in [1.165, 1.54) is 11.2 Å². The van der Waals surface area contributed by atoms with E-state index in [-0.39, 0.29) is 4.90 Å². The second-order valence-electron chi connectivity index (χ2n) is 4.23. The van der Waals surface area contributed by atoms with Gasteiger partial charge in [-0.25, -0.2) is 13.4 Å².